The molecule has 2 N–H and O–H groups in total. The van der Waals surface area contributed by atoms with Crippen LogP contribution in [0.5, 0.6) is 0 Å². The summed E-state index contributed by atoms with van der Waals surface area (Å²) in [5, 5.41) is 10.2. The molecule has 1 fully saturated rings. The van der Waals surface area contributed by atoms with Crippen LogP contribution in [-0.2, 0) is 11.3 Å². The molecule has 0 aliphatic carbocycles. The zero-order valence-electron chi connectivity index (χ0n) is 11.5. The fourth-order valence-electron chi connectivity index (χ4n) is 2.34. The zero-order valence-corrected chi connectivity index (χ0v) is 12.3. The Morgan fingerprint density at radius 3 is 2.89 bits per heavy atom. The minimum atomic E-state index is 0. The van der Waals surface area contributed by atoms with E-state index in [4.69, 9.17) is 4.52 Å². The first-order valence-corrected chi connectivity index (χ1v) is 6.58. The molecule has 1 aliphatic heterocycles. The van der Waals surface area contributed by atoms with Gasteiger partial charge in [0.2, 0.25) is 5.91 Å². The maximum absolute atomic E-state index is 11.7. The Kier molecular flexibility index (Phi) is 6.31. The second kappa shape index (κ2) is 7.50. The van der Waals surface area contributed by atoms with Crippen LogP contribution in [-0.4, -0.2) is 23.7 Å². The van der Waals surface area contributed by atoms with E-state index in [1.807, 2.05) is 13.8 Å². The van der Waals surface area contributed by atoms with Crippen molar-refractivity contribution in [3.63, 3.8) is 0 Å². The topological polar surface area (TPSA) is 67.2 Å². The Morgan fingerprint density at radius 1 is 1.53 bits per heavy atom. The van der Waals surface area contributed by atoms with Crippen molar-refractivity contribution in [2.24, 2.45) is 0 Å². The summed E-state index contributed by atoms with van der Waals surface area (Å²) in [4.78, 5) is 11.7. The van der Waals surface area contributed by atoms with E-state index < -0.39 is 0 Å². The standard InChI is InChI=1S/C13H21N3O2.ClH/c1-9-12(10(2)18-16-9)8-15-13(17)6-5-11-4-3-7-14-11;/h11,14H,3-8H2,1-2H3,(H,15,17);1H. The third-order valence-electron chi connectivity index (χ3n) is 3.53. The number of halogens is 1. The van der Waals surface area contributed by atoms with Gasteiger partial charge in [-0.15, -0.1) is 12.4 Å². The first-order chi connectivity index (χ1) is 8.66. The molecule has 1 aromatic heterocycles. The van der Waals surface area contributed by atoms with Gasteiger partial charge in [0.05, 0.1) is 5.69 Å². The number of aromatic nitrogens is 1. The lowest BCUT2D eigenvalue weighted by Crippen LogP contribution is -2.27. The monoisotopic (exact) mass is 287 g/mol. The van der Waals surface area contributed by atoms with E-state index in [2.05, 4.69) is 15.8 Å². The number of aryl methyl sites for hydroxylation is 2. The number of carbonyl (C=O) groups excluding carboxylic acids is 1. The van der Waals surface area contributed by atoms with E-state index in [1.165, 1.54) is 12.8 Å². The van der Waals surface area contributed by atoms with Gasteiger partial charge >= 0.3 is 0 Å². The molecule has 19 heavy (non-hydrogen) atoms. The molecule has 1 aromatic rings. The number of nitrogens with zero attached hydrogens (tertiary/aromatic N) is 1. The second-order valence-electron chi connectivity index (χ2n) is 4.91. The van der Waals surface area contributed by atoms with Gasteiger partial charge in [0.1, 0.15) is 5.76 Å². The third kappa shape index (κ3) is 4.51. The molecule has 1 saturated heterocycles. The smallest absolute Gasteiger partial charge is 0.220 e. The number of rotatable bonds is 5. The average molecular weight is 288 g/mol. The number of carbonyl (C=O) groups is 1. The van der Waals surface area contributed by atoms with Crippen molar-refractivity contribution < 1.29 is 9.32 Å². The molecule has 1 aliphatic rings. The van der Waals surface area contributed by atoms with Crippen LogP contribution >= 0.6 is 12.4 Å². The summed E-state index contributed by atoms with van der Waals surface area (Å²) in [7, 11) is 0. The Balaban J connectivity index is 0.00000180. The van der Waals surface area contributed by atoms with Gasteiger partial charge in [-0.1, -0.05) is 5.16 Å². The number of amides is 1. The van der Waals surface area contributed by atoms with Crippen LogP contribution in [0.15, 0.2) is 4.52 Å². The molecule has 2 heterocycles. The zero-order chi connectivity index (χ0) is 13.0. The molecule has 1 amide bonds. The highest BCUT2D eigenvalue weighted by Crippen LogP contribution is 2.13. The van der Waals surface area contributed by atoms with Crippen molar-refractivity contribution >= 4 is 18.3 Å². The van der Waals surface area contributed by atoms with Gasteiger partial charge in [0.25, 0.3) is 0 Å². The molecule has 0 radical (unpaired) electrons. The van der Waals surface area contributed by atoms with E-state index in [9.17, 15) is 4.79 Å². The van der Waals surface area contributed by atoms with Crippen LogP contribution in [0.4, 0.5) is 0 Å². The van der Waals surface area contributed by atoms with Gasteiger partial charge in [-0.05, 0) is 39.7 Å². The van der Waals surface area contributed by atoms with Crippen LogP contribution < -0.4 is 10.6 Å². The van der Waals surface area contributed by atoms with Crippen LogP contribution in [0, 0.1) is 13.8 Å². The normalized spacial score (nSPS) is 18.1. The van der Waals surface area contributed by atoms with E-state index >= 15 is 0 Å². The van der Waals surface area contributed by atoms with Gasteiger partial charge in [0.15, 0.2) is 0 Å². The van der Waals surface area contributed by atoms with Crippen LogP contribution in [0.25, 0.3) is 0 Å². The number of nitrogens with one attached hydrogen (secondary N) is 2. The van der Waals surface area contributed by atoms with Crippen LogP contribution in [0.3, 0.4) is 0 Å². The summed E-state index contributed by atoms with van der Waals surface area (Å²) in [6.45, 7) is 5.35. The lowest BCUT2D eigenvalue weighted by Gasteiger charge is -2.09. The maximum atomic E-state index is 11.7. The predicted octanol–water partition coefficient (Wildman–Crippen LogP) is 1.86. The molecule has 5 nitrogen and oxygen atoms in total. The average Bonchev–Trinajstić information content (AvgIpc) is 2.96. The van der Waals surface area contributed by atoms with Crippen molar-refractivity contribution in [1.82, 2.24) is 15.8 Å². The fraction of sp³-hybridized carbons (Fsp3) is 0.692. The lowest BCUT2D eigenvalue weighted by atomic mass is 10.1. The van der Waals surface area contributed by atoms with Crippen molar-refractivity contribution in [3.05, 3.63) is 17.0 Å². The minimum absolute atomic E-state index is 0. The molecule has 0 aromatic carbocycles. The summed E-state index contributed by atoms with van der Waals surface area (Å²) in [6.07, 6.45) is 3.93. The lowest BCUT2D eigenvalue weighted by molar-refractivity contribution is -0.121. The highest BCUT2D eigenvalue weighted by molar-refractivity contribution is 5.85. The van der Waals surface area contributed by atoms with Crippen molar-refractivity contribution in [3.8, 4) is 0 Å². The maximum Gasteiger partial charge on any atom is 0.220 e. The molecule has 6 heteroatoms. The van der Waals surface area contributed by atoms with Gasteiger partial charge in [0, 0.05) is 24.6 Å². The molecule has 2 rings (SSSR count). The van der Waals surface area contributed by atoms with Gasteiger partial charge in [-0.3, -0.25) is 4.79 Å². The van der Waals surface area contributed by atoms with Crippen molar-refractivity contribution in [1.29, 1.82) is 0 Å². The quantitative estimate of drug-likeness (QED) is 0.867. The molecular formula is C13H22ClN3O2. The SMILES string of the molecule is Cc1noc(C)c1CNC(=O)CCC1CCCN1.Cl. The molecule has 0 spiro atoms. The third-order valence-corrected chi connectivity index (χ3v) is 3.53. The van der Waals surface area contributed by atoms with Crippen LogP contribution in [0.2, 0.25) is 0 Å². The minimum Gasteiger partial charge on any atom is -0.361 e. The predicted molar refractivity (Wildman–Crippen MR) is 75.3 cm³/mol. The van der Waals surface area contributed by atoms with Gasteiger partial charge in [-0.2, -0.15) is 0 Å². The molecule has 0 saturated carbocycles. The van der Waals surface area contributed by atoms with Gasteiger partial charge < -0.3 is 15.2 Å². The summed E-state index contributed by atoms with van der Waals surface area (Å²) in [6, 6.07) is 0.523. The summed E-state index contributed by atoms with van der Waals surface area (Å²) in [5.41, 5.74) is 1.84. The fourth-order valence-corrected chi connectivity index (χ4v) is 2.34. The first-order valence-electron chi connectivity index (χ1n) is 6.58. The Labute approximate surface area is 119 Å². The summed E-state index contributed by atoms with van der Waals surface area (Å²) >= 11 is 0. The largest absolute Gasteiger partial charge is 0.361 e. The summed E-state index contributed by atoms with van der Waals surface area (Å²) in [5.74, 6) is 0.883. The van der Waals surface area contributed by atoms with E-state index in [0.29, 0.717) is 19.0 Å². The Bertz CT molecular complexity index is 395. The highest BCUT2D eigenvalue weighted by Gasteiger charge is 2.15. The van der Waals surface area contributed by atoms with Crippen molar-refractivity contribution in [2.75, 3.05) is 6.54 Å². The summed E-state index contributed by atoms with van der Waals surface area (Å²) < 4.78 is 5.06. The Hall–Kier alpha value is -1.07. The van der Waals surface area contributed by atoms with E-state index in [0.717, 1.165) is 30.0 Å². The molecule has 0 bridgehead atoms. The molecule has 108 valence electrons. The Morgan fingerprint density at radius 2 is 2.32 bits per heavy atom. The van der Waals surface area contributed by atoms with E-state index in [1.54, 1.807) is 0 Å². The van der Waals surface area contributed by atoms with Gasteiger partial charge in [-0.25, -0.2) is 0 Å². The van der Waals surface area contributed by atoms with Crippen LogP contribution in [0.1, 0.15) is 42.7 Å². The van der Waals surface area contributed by atoms with Crippen molar-refractivity contribution in [2.45, 2.75) is 52.1 Å². The first kappa shape index (κ1) is 16.0. The van der Waals surface area contributed by atoms with E-state index in [-0.39, 0.29) is 18.3 Å². The molecule has 1 atom stereocenters. The number of hydrogen-bond donors (Lipinski definition) is 2. The molecular weight excluding hydrogens is 266 g/mol. The second-order valence-corrected chi connectivity index (χ2v) is 4.91. The molecule has 1 unspecified atom stereocenters. The highest BCUT2D eigenvalue weighted by atomic mass is 35.5. The number of hydrogen-bond acceptors (Lipinski definition) is 4.